The Labute approximate surface area is 523 Å². The third kappa shape index (κ3) is 8.20. The molecule has 1 aliphatic carbocycles. The minimum Gasteiger partial charge on any atom is -0.276 e. The predicted octanol–water partition coefficient (Wildman–Crippen LogP) is 23.0. The van der Waals surface area contributed by atoms with Gasteiger partial charge in [-0.25, -0.2) is 19.9 Å². The lowest BCUT2D eigenvalue weighted by Crippen LogP contribution is -2.04. The van der Waals surface area contributed by atoms with Gasteiger partial charge in [0.05, 0.1) is 38.2 Å². The van der Waals surface area contributed by atoms with Crippen LogP contribution in [0.3, 0.4) is 0 Å². The number of fused-ring (bicyclic) bond motifs is 26. The van der Waals surface area contributed by atoms with Crippen LogP contribution < -0.4 is 0 Å². The van der Waals surface area contributed by atoms with Crippen molar-refractivity contribution in [2.45, 2.75) is 6.42 Å². The average Bonchev–Trinajstić information content (AvgIpc) is 2.19. The molecule has 0 radical (unpaired) electrons. The Hall–Kier alpha value is -10.7. The molecule has 14 aromatic carbocycles. The van der Waals surface area contributed by atoms with Gasteiger partial charge < -0.3 is 0 Å². The lowest BCUT2D eigenvalue weighted by Gasteiger charge is -2.14. The normalized spacial score (nSPS) is 12.1. The van der Waals surface area contributed by atoms with Gasteiger partial charge in [0.25, 0.3) is 0 Å². The van der Waals surface area contributed by atoms with Gasteiger partial charge in [-0.15, -0.1) is 22.7 Å². The molecular weight excluding hydrogens is 1140 g/mol. The number of rotatable bonds is 3. The van der Waals surface area contributed by atoms with Crippen LogP contribution in [-0.2, 0) is 6.42 Å². The van der Waals surface area contributed by atoms with Crippen LogP contribution in [0.25, 0.3) is 167 Å². The maximum absolute atomic E-state index is 6.10. The topological polar surface area (TPSA) is 56.5 Å². The standard InChI is InChI=1S/C40H23N3S.C23H14S.C18H11ClN2/c1-2-13-25(14-3-1)37-36-26-15-5-4-12-24(26)22-23-31(36)41-40(42-37)43-32-20-10-8-18-29(32)34-27-16-6-7-17-28(27)35-30-19-9-11-21-33(30)44-39(35)38(34)43;1-2-8-15-14(7-1)13-19-21(15)16-9-3-4-10-17(16)22-18-11-5-6-12-20(18)24-23(19)22;19-18-20-15-11-10-12-6-4-5-9-14(12)16(15)17(21-18)13-7-2-1-3-8-13/h1-23H;1-12H,13H2;1-11H. The first-order chi connectivity index (χ1) is 44.1. The maximum atomic E-state index is 6.10. The zero-order valence-electron chi connectivity index (χ0n) is 47.7. The van der Waals surface area contributed by atoms with Crippen molar-refractivity contribution in [3.63, 3.8) is 0 Å². The molecule has 8 heteroatoms. The van der Waals surface area contributed by atoms with Crippen LogP contribution in [0.2, 0.25) is 5.28 Å². The Morgan fingerprint density at radius 1 is 0.337 bits per heavy atom. The number of hydrogen-bond donors (Lipinski definition) is 0. The highest BCUT2D eigenvalue weighted by Gasteiger charge is 2.27. The molecule has 0 spiro atoms. The van der Waals surface area contributed by atoms with Crippen LogP contribution >= 0.6 is 34.3 Å². The van der Waals surface area contributed by atoms with Crippen LogP contribution in [0.5, 0.6) is 0 Å². The summed E-state index contributed by atoms with van der Waals surface area (Å²) in [6, 6.07) is 98.7. The van der Waals surface area contributed by atoms with E-state index in [0.717, 1.165) is 67.0 Å². The highest BCUT2D eigenvalue weighted by Crippen LogP contribution is 2.51. The molecule has 416 valence electrons. The molecule has 5 aromatic heterocycles. The van der Waals surface area contributed by atoms with E-state index in [-0.39, 0.29) is 5.28 Å². The Bertz CT molecular complexity index is 6110. The molecule has 0 atom stereocenters. The summed E-state index contributed by atoms with van der Waals surface area (Å²) in [5.74, 6) is 0.687. The first-order valence-corrected chi connectivity index (χ1v) is 31.9. The van der Waals surface area contributed by atoms with E-state index >= 15 is 0 Å². The van der Waals surface area contributed by atoms with Gasteiger partial charge in [0.2, 0.25) is 11.2 Å². The van der Waals surface area contributed by atoms with Gasteiger partial charge in [-0.05, 0) is 107 Å². The summed E-state index contributed by atoms with van der Waals surface area (Å²) in [5.41, 5.74) is 13.9. The number of hydrogen-bond acceptors (Lipinski definition) is 6. The zero-order chi connectivity index (χ0) is 58.7. The molecule has 19 aromatic rings. The Kier molecular flexibility index (Phi) is 12.0. The minimum absolute atomic E-state index is 0.275. The third-order valence-corrected chi connectivity index (χ3v) is 20.5. The fraction of sp³-hybridized carbons (Fsp3) is 0.0123. The van der Waals surface area contributed by atoms with Crippen molar-refractivity contribution in [1.29, 1.82) is 0 Å². The summed E-state index contributed by atoms with van der Waals surface area (Å²) >= 11 is 9.91. The van der Waals surface area contributed by atoms with E-state index in [4.69, 9.17) is 21.6 Å². The van der Waals surface area contributed by atoms with Crippen molar-refractivity contribution in [2.75, 3.05) is 0 Å². The molecule has 5 nitrogen and oxygen atoms in total. The lowest BCUT2D eigenvalue weighted by molar-refractivity contribution is 1.02. The number of aromatic nitrogens is 5. The minimum atomic E-state index is 0.275. The molecule has 20 rings (SSSR count). The first kappa shape index (κ1) is 51.5. The third-order valence-electron chi connectivity index (χ3n) is 17.9. The van der Waals surface area contributed by atoms with E-state index < -0.39 is 0 Å². The number of para-hydroxylation sites is 1. The van der Waals surface area contributed by atoms with Crippen molar-refractivity contribution in [3.05, 3.63) is 295 Å². The second-order valence-electron chi connectivity index (χ2n) is 22.8. The quantitative estimate of drug-likeness (QED) is 0.131. The Morgan fingerprint density at radius 3 is 1.44 bits per heavy atom. The van der Waals surface area contributed by atoms with Crippen LogP contribution in [0.1, 0.15) is 11.1 Å². The monoisotopic (exact) mass is 1190 g/mol. The zero-order valence-corrected chi connectivity index (χ0v) is 50.1. The summed E-state index contributed by atoms with van der Waals surface area (Å²) in [4.78, 5) is 19.7. The van der Waals surface area contributed by atoms with Crippen molar-refractivity contribution < 1.29 is 0 Å². The summed E-state index contributed by atoms with van der Waals surface area (Å²) in [6.07, 6.45) is 1.06. The van der Waals surface area contributed by atoms with Crippen molar-refractivity contribution >= 4 is 161 Å². The van der Waals surface area contributed by atoms with Crippen LogP contribution in [0, 0.1) is 0 Å². The highest BCUT2D eigenvalue weighted by atomic mass is 35.5. The summed E-state index contributed by atoms with van der Waals surface area (Å²) in [6.45, 7) is 0. The molecule has 0 saturated heterocycles. The van der Waals surface area contributed by atoms with E-state index in [1.165, 1.54) is 111 Å². The lowest BCUT2D eigenvalue weighted by atomic mass is 9.94. The van der Waals surface area contributed by atoms with Gasteiger partial charge in [0.1, 0.15) is 0 Å². The molecule has 0 aliphatic heterocycles. The molecule has 0 unspecified atom stereocenters. The molecule has 89 heavy (non-hydrogen) atoms. The van der Waals surface area contributed by atoms with Crippen LogP contribution in [0.15, 0.2) is 279 Å². The van der Waals surface area contributed by atoms with Crippen LogP contribution in [-0.4, -0.2) is 24.5 Å². The Morgan fingerprint density at radius 2 is 0.798 bits per heavy atom. The molecule has 0 N–H and O–H groups in total. The van der Waals surface area contributed by atoms with Gasteiger partial charge in [-0.1, -0.05) is 249 Å². The molecular formula is C81H48ClN5S2. The van der Waals surface area contributed by atoms with Crippen molar-refractivity contribution in [2.24, 2.45) is 0 Å². The van der Waals surface area contributed by atoms with Crippen molar-refractivity contribution in [3.8, 4) is 39.6 Å². The van der Waals surface area contributed by atoms with Gasteiger partial charge >= 0.3 is 0 Å². The molecule has 0 saturated carbocycles. The first-order valence-electron chi connectivity index (χ1n) is 29.9. The highest BCUT2D eigenvalue weighted by molar-refractivity contribution is 7.27. The fourth-order valence-electron chi connectivity index (χ4n) is 14.1. The second-order valence-corrected chi connectivity index (χ2v) is 25.2. The molecule has 5 heterocycles. The summed E-state index contributed by atoms with van der Waals surface area (Å²) < 4.78 is 7.73. The molecule has 1 aliphatic rings. The van der Waals surface area contributed by atoms with E-state index in [9.17, 15) is 0 Å². The molecule has 0 amide bonds. The van der Waals surface area contributed by atoms with Crippen LogP contribution in [0.4, 0.5) is 0 Å². The van der Waals surface area contributed by atoms with E-state index in [2.05, 4.69) is 245 Å². The van der Waals surface area contributed by atoms with Gasteiger partial charge in [-0.2, -0.15) is 0 Å². The van der Waals surface area contributed by atoms with Crippen molar-refractivity contribution in [1.82, 2.24) is 24.5 Å². The summed E-state index contributed by atoms with van der Waals surface area (Å²) in [7, 11) is 0. The van der Waals surface area contributed by atoms with Gasteiger partial charge in [0.15, 0.2) is 0 Å². The summed E-state index contributed by atoms with van der Waals surface area (Å²) in [5, 5.41) is 20.3. The Balaban J connectivity index is 0.000000110. The fourth-order valence-corrected chi connectivity index (χ4v) is 16.8. The SMILES string of the molecule is Clc1nc(-c2ccccc2)c2c(ccc3ccccc32)n1.c1ccc(-c2nc(-n3c4ccccc4c4c5ccccc5c5c6ccccc6sc5c43)nc3ccc4ccccc4c23)cc1.c1ccc2c(c1)Cc1c-2c2ccccc2c2c1sc1ccccc12. The smallest absolute Gasteiger partial charge is 0.235 e. The number of benzene rings is 14. The van der Waals surface area contributed by atoms with E-state index in [0.29, 0.717) is 5.95 Å². The van der Waals surface area contributed by atoms with E-state index in [1.54, 1.807) is 0 Å². The number of thiophene rings is 2. The number of nitrogens with zero attached hydrogens (tertiary/aromatic N) is 5. The largest absolute Gasteiger partial charge is 0.276 e. The van der Waals surface area contributed by atoms with Gasteiger partial charge in [-0.3, -0.25) is 4.57 Å². The number of halogens is 1. The van der Waals surface area contributed by atoms with Gasteiger partial charge in [0, 0.05) is 74.7 Å². The van der Waals surface area contributed by atoms with E-state index in [1.807, 2.05) is 71.2 Å². The molecule has 0 bridgehead atoms. The average molecular weight is 1190 g/mol. The second kappa shape index (κ2) is 20.8. The molecule has 0 fully saturated rings. The maximum Gasteiger partial charge on any atom is 0.235 e. The predicted molar refractivity (Wildman–Crippen MR) is 380 cm³/mol.